The zero-order valence-electron chi connectivity index (χ0n) is 19.9. The van der Waals surface area contributed by atoms with Gasteiger partial charge in [-0.1, -0.05) is 12.1 Å². The number of benzene rings is 1. The number of hydrogen-bond acceptors (Lipinski definition) is 8. The molecule has 2 unspecified atom stereocenters. The third-order valence-corrected chi connectivity index (χ3v) is 8.50. The van der Waals surface area contributed by atoms with E-state index < -0.39 is 7.82 Å². The van der Waals surface area contributed by atoms with E-state index in [0.29, 0.717) is 25.2 Å². The van der Waals surface area contributed by atoms with E-state index in [2.05, 4.69) is 18.0 Å². The van der Waals surface area contributed by atoms with Crippen molar-refractivity contribution in [3.05, 3.63) is 36.1 Å². The van der Waals surface area contributed by atoms with Crippen LogP contribution in [-0.2, 0) is 22.9 Å². The van der Waals surface area contributed by atoms with Crippen LogP contribution < -0.4 is 9.47 Å². The van der Waals surface area contributed by atoms with Crippen LogP contribution in [0.2, 0.25) is 0 Å². The lowest BCUT2D eigenvalue weighted by Crippen LogP contribution is -2.40. The molecule has 0 bridgehead atoms. The summed E-state index contributed by atoms with van der Waals surface area (Å²) in [5, 5.41) is 0. The molecule has 9 heteroatoms. The Morgan fingerprint density at radius 1 is 1.09 bits per heavy atom. The summed E-state index contributed by atoms with van der Waals surface area (Å²) in [4.78, 5) is 2.37. The van der Waals surface area contributed by atoms with Crippen molar-refractivity contribution in [1.82, 2.24) is 4.90 Å². The van der Waals surface area contributed by atoms with E-state index in [9.17, 15) is 4.57 Å². The minimum Gasteiger partial charge on any atom is -0.493 e. The quantitative estimate of drug-likeness (QED) is 0.523. The van der Waals surface area contributed by atoms with Gasteiger partial charge in [-0.3, -0.25) is 9.05 Å². The Morgan fingerprint density at radius 2 is 1.73 bits per heavy atom. The van der Waals surface area contributed by atoms with Gasteiger partial charge >= 0.3 is 7.82 Å². The predicted octanol–water partition coefficient (Wildman–Crippen LogP) is 5.39. The van der Waals surface area contributed by atoms with Crippen LogP contribution in [0.3, 0.4) is 0 Å². The van der Waals surface area contributed by atoms with E-state index in [-0.39, 0.29) is 9.69 Å². The summed E-state index contributed by atoms with van der Waals surface area (Å²) in [5.41, 5.74) is -0.0484. The van der Waals surface area contributed by atoms with Gasteiger partial charge in [0.25, 0.3) is 0 Å². The molecule has 0 N–H and O–H groups in total. The number of nitrogens with zero attached hydrogens (tertiary/aromatic N) is 1. The summed E-state index contributed by atoms with van der Waals surface area (Å²) in [6.45, 7) is 3.45. The second kappa shape index (κ2) is 10.8. The summed E-state index contributed by atoms with van der Waals surface area (Å²) in [7, 11) is 1.94. The number of likely N-dealkylation sites (tertiary alicyclic amines) is 1. The normalized spacial score (nSPS) is 28.2. The van der Waals surface area contributed by atoms with Crippen LogP contribution in [0.4, 0.5) is 0 Å². The Balaban J connectivity index is 0.000000429. The van der Waals surface area contributed by atoms with Crippen molar-refractivity contribution >= 4 is 7.82 Å². The van der Waals surface area contributed by atoms with E-state index in [4.69, 9.17) is 27.8 Å². The molecule has 190 valence electrons. The molecule has 0 aromatic heterocycles. The number of para-hydroxylation sites is 2. The molecule has 3 aliphatic heterocycles. The average Bonchev–Trinajstić information content (AvgIpc) is 3.22. The molecule has 3 saturated heterocycles. The molecular formula is C24H42NO7P. The molecule has 33 heavy (non-hydrogen) atoms. The van der Waals surface area contributed by atoms with Crippen LogP contribution in [-0.4, -0.2) is 65.2 Å². The van der Waals surface area contributed by atoms with Gasteiger partial charge < -0.3 is 23.6 Å². The maximum Gasteiger partial charge on any atom is 0.529 e. The van der Waals surface area contributed by atoms with Crippen LogP contribution in [0, 0.1) is 11.3 Å². The monoisotopic (exact) mass is 487 g/mol. The molecule has 0 amide bonds. The highest BCUT2D eigenvalue weighted by molar-refractivity contribution is 7.48. The van der Waals surface area contributed by atoms with Crippen molar-refractivity contribution in [1.29, 1.82) is 0 Å². The molecule has 5 rings (SSSR count). The van der Waals surface area contributed by atoms with Crippen molar-refractivity contribution in [2.45, 2.75) is 38.1 Å². The van der Waals surface area contributed by atoms with Crippen molar-refractivity contribution < 1.29 is 36.6 Å². The maximum atomic E-state index is 12.7. The summed E-state index contributed by atoms with van der Waals surface area (Å²) >= 11 is 0. The highest BCUT2D eigenvalue weighted by Crippen LogP contribution is 2.58. The van der Waals surface area contributed by atoms with Gasteiger partial charge in [0.05, 0.1) is 27.4 Å². The highest BCUT2D eigenvalue weighted by Gasteiger charge is 2.46. The molecule has 1 spiro atoms. The van der Waals surface area contributed by atoms with Gasteiger partial charge in [-0.15, -0.1) is 0 Å². The summed E-state index contributed by atoms with van der Waals surface area (Å²) in [6, 6.07) is 8.02. The van der Waals surface area contributed by atoms with Crippen molar-refractivity contribution in [3.8, 4) is 11.5 Å². The molecule has 8 nitrogen and oxygen atoms in total. The zero-order chi connectivity index (χ0) is 23.3. The number of allylic oxidation sites excluding steroid dienone is 1. The number of methoxy groups -OCH3 is 2. The third-order valence-electron chi connectivity index (χ3n) is 7.15. The molecule has 3 heterocycles. The fraction of sp³-hybridized carbons (Fsp3) is 0.667. The van der Waals surface area contributed by atoms with Gasteiger partial charge in [0.1, 0.15) is 5.76 Å². The van der Waals surface area contributed by atoms with Crippen molar-refractivity contribution in [3.63, 3.8) is 0 Å². The number of ether oxygens (including phenoxy) is 3. The first kappa shape index (κ1) is 24.6. The van der Waals surface area contributed by atoms with Crippen LogP contribution in [0.15, 0.2) is 36.1 Å². The molecule has 1 aromatic carbocycles. The van der Waals surface area contributed by atoms with Gasteiger partial charge in [0.15, 0.2) is 11.5 Å². The minimum atomic E-state index is -3.46. The molecule has 0 radical (unpaired) electrons. The Labute approximate surface area is 201 Å². The SMILES string of the molecule is CN1CCC2CC=C(OP3(=O)OCC4(CCOCC4)CO3)CC21.COc1ccccc1OC.[HH].[HH].[HH]. The number of rotatable bonds is 4. The Kier molecular flexibility index (Phi) is 8.03. The topological polar surface area (TPSA) is 75.7 Å². The summed E-state index contributed by atoms with van der Waals surface area (Å²) in [6.07, 6.45) is 6.89. The minimum absolute atomic E-state index is 0. The Hall–Kier alpha value is -1.57. The first-order valence-corrected chi connectivity index (χ1v) is 13.1. The van der Waals surface area contributed by atoms with Crippen molar-refractivity contribution in [2.75, 3.05) is 54.2 Å². The first-order chi connectivity index (χ1) is 16.0. The number of phosphoric ester groups is 1. The number of hydrogen-bond donors (Lipinski definition) is 0. The van der Waals surface area contributed by atoms with Crippen LogP contribution in [0.25, 0.3) is 0 Å². The third kappa shape index (κ3) is 5.92. The van der Waals surface area contributed by atoms with Crippen LogP contribution >= 0.6 is 7.82 Å². The average molecular weight is 488 g/mol. The van der Waals surface area contributed by atoms with Gasteiger partial charge in [0.2, 0.25) is 0 Å². The fourth-order valence-electron chi connectivity index (χ4n) is 4.92. The second-order valence-electron chi connectivity index (χ2n) is 9.26. The van der Waals surface area contributed by atoms with Gasteiger partial charge in [0, 0.05) is 35.4 Å². The molecule has 1 aromatic rings. The maximum absolute atomic E-state index is 12.7. The van der Waals surface area contributed by atoms with E-state index in [1.807, 2.05) is 24.3 Å². The van der Waals surface area contributed by atoms with E-state index in [0.717, 1.165) is 62.7 Å². The lowest BCUT2D eigenvalue weighted by Gasteiger charge is -2.41. The summed E-state index contributed by atoms with van der Waals surface area (Å²) in [5.74, 6) is 3.01. The van der Waals surface area contributed by atoms with E-state index in [1.165, 1.54) is 6.42 Å². The highest BCUT2D eigenvalue weighted by atomic mass is 31.2. The second-order valence-corrected chi connectivity index (χ2v) is 10.9. The Morgan fingerprint density at radius 3 is 2.33 bits per heavy atom. The van der Waals surface area contributed by atoms with Gasteiger partial charge in [-0.2, -0.15) is 0 Å². The largest absolute Gasteiger partial charge is 0.529 e. The molecule has 1 aliphatic carbocycles. The predicted molar refractivity (Wildman–Crippen MR) is 131 cm³/mol. The molecule has 4 aliphatic rings. The van der Waals surface area contributed by atoms with Gasteiger partial charge in [-0.05, 0) is 63.4 Å². The molecule has 0 saturated carbocycles. The standard InChI is InChI=1S/C16H26NO5P.C8H10O2.3H2/c1-17-7-4-13-2-3-14(10-15(13)17)22-23(18)20-11-16(12-21-23)5-8-19-9-6-16;1-9-7-5-3-4-6-8(7)10-2;;;/h3,13,15H,2,4-12H2,1H3;3-6H,1-2H3;3*1H. The lowest BCUT2D eigenvalue weighted by molar-refractivity contribution is -0.0736. The molecule has 3 fully saturated rings. The smallest absolute Gasteiger partial charge is 0.493 e. The van der Waals surface area contributed by atoms with Crippen molar-refractivity contribution in [2.24, 2.45) is 11.3 Å². The van der Waals surface area contributed by atoms with Crippen LogP contribution in [0.1, 0.15) is 36.4 Å². The molecular weight excluding hydrogens is 445 g/mol. The fourth-order valence-corrected chi connectivity index (χ4v) is 6.40. The zero-order valence-corrected chi connectivity index (χ0v) is 20.8. The summed E-state index contributed by atoms with van der Waals surface area (Å²) < 4.78 is 45.1. The first-order valence-electron chi connectivity index (χ1n) is 11.7. The van der Waals surface area contributed by atoms with E-state index >= 15 is 0 Å². The molecule has 2 atom stereocenters. The van der Waals surface area contributed by atoms with Crippen LogP contribution in [0.5, 0.6) is 11.5 Å². The van der Waals surface area contributed by atoms with E-state index in [1.54, 1.807) is 14.2 Å². The lowest BCUT2D eigenvalue weighted by atomic mass is 9.82. The Bertz CT molecular complexity index is 848. The number of phosphoric acid groups is 1. The van der Waals surface area contributed by atoms with Gasteiger partial charge in [-0.25, -0.2) is 4.57 Å². The number of fused-ring (bicyclic) bond motifs is 1.